The van der Waals surface area contributed by atoms with E-state index in [0.717, 1.165) is 41.9 Å². The van der Waals surface area contributed by atoms with Gasteiger partial charge in [-0.15, -0.1) is 0 Å². The van der Waals surface area contributed by atoms with Gasteiger partial charge in [0.05, 0.1) is 0 Å². The quantitative estimate of drug-likeness (QED) is 0.147. The third-order valence-electron chi connectivity index (χ3n) is 4.56. The molecule has 0 saturated heterocycles. The molecule has 0 nitrogen and oxygen atoms in total. The third kappa shape index (κ3) is 17.6. The van der Waals surface area contributed by atoms with Gasteiger partial charge in [0.25, 0.3) is 0 Å². The molecule has 4 aromatic rings. The molecule has 0 unspecified atom stereocenters. The maximum Gasteiger partial charge on any atom is 0 e. The molecule has 0 aliphatic carbocycles. The van der Waals surface area contributed by atoms with E-state index in [0.29, 0.717) is 0 Å². The first-order chi connectivity index (χ1) is 19.6. The van der Waals surface area contributed by atoms with Crippen LogP contribution in [0, 0.1) is 0 Å². The summed E-state index contributed by atoms with van der Waals surface area (Å²) in [7, 11) is 0. The van der Waals surface area contributed by atoms with Crippen LogP contribution in [0.15, 0.2) is 121 Å². The Morgan fingerprint density at radius 2 is 0.419 bits per heavy atom. The average Bonchev–Trinajstić information content (AvgIpc) is 3.09. The van der Waals surface area contributed by atoms with E-state index in [1.165, 1.54) is 0 Å². The fourth-order valence-corrected chi connectivity index (χ4v) is 3.90. The van der Waals surface area contributed by atoms with E-state index in [4.69, 9.17) is 50.5 Å². The Hall–Kier alpha value is -4.76. The summed E-state index contributed by atoms with van der Waals surface area (Å²) in [5, 5.41) is 0. The normalized spacial score (nSPS) is 9.49. The van der Waals surface area contributed by atoms with Crippen molar-refractivity contribution >= 4 is 70.1 Å². The molecule has 6 heteroatoms. The van der Waals surface area contributed by atoms with E-state index in [1.807, 2.05) is 177 Å². The number of hydrogen-bond acceptors (Lipinski definition) is 4. The molecule has 228 valence electrons. The van der Waals surface area contributed by atoms with Crippen LogP contribution in [0.2, 0.25) is 0 Å². The number of hydrogen-bond donors (Lipinski definition) is 0. The molecule has 0 atom stereocenters. The zero-order valence-corrected chi connectivity index (χ0v) is 43.0. The second kappa shape index (κ2) is 31.8. The van der Waals surface area contributed by atoms with Crippen LogP contribution in [0.5, 0.6) is 0 Å². The van der Waals surface area contributed by atoms with Crippen molar-refractivity contribution in [3.05, 3.63) is 144 Å². The molecule has 0 bridgehead atoms. The molecule has 0 heterocycles. The van der Waals surface area contributed by atoms with Gasteiger partial charge in [-0.25, -0.2) is 0 Å². The molecule has 0 N–H and O–H groups in total. The minimum atomic E-state index is 0. The summed E-state index contributed by atoms with van der Waals surface area (Å²) in [6.07, 6.45) is 0. The van der Waals surface area contributed by atoms with Crippen molar-refractivity contribution in [2.45, 2.75) is 62.8 Å². The van der Waals surface area contributed by atoms with E-state index >= 15 is 0 Å². The second-order valence-electron chi connectivity index (χ2n) is 6.78. The van der Waals surface area contributed by atoms with Gasteiger partial charge < -0.3 is 50.5 Å². The van der Waals surface area contributed by atoms with E-state index in [-0.39, 0.29) is 7.43 Å². The van der Waals surface area contributed by atoms with E-state index in [1.54, 1.807) is 0 Å². The van der Waals surface area contributed by atoms with Gasteiger partial charge in [-0.2, -0.15) is 19.6 Å². The molecule has 4 rings (SSSR count). The van der Waals surface area contributed by atoms with Crippen molar-refractivity contribution in [1.29, 1.82) is 0 Å². The predicted molar refractivity (Wildman–Crippen MR) is 201 cm³/mol. The van der Waals surface area contributed by atoms with Crippen LogP contribution in [0.3, 0.4) is 0 Å². The van der Waals surface area contributed by atoms with Crippen molar-refractivity contribution in [3.8, 4) is 0 Å². The Kier molecular flexibility index (Phi) is 35.5. The van der Waals surface area contributed by atoms with Gasteiger partial charge in [0.15, 0.2) is 0 Å². The summed E-state index contributed by atoms with van der Waals surface area (Å²) in [6, 6.07) is 39.5. The minimum Gasteiger partial charge on any atom is -0.781 e. The average molecular weight is 1180 g/mol. The van der Waals surface area contributed by atoms with Crippen LogP contribution in [0.25, 0.3) is 19.6 Å². The van der Waals surface area contributed by atoms with Gasteiger partial charge in [0, 0.05) is 0 Å². The van der Waals surface area contributed by atoms with Gasteiger partial charge in [0.1, 0.15) is 0 Å². The van der Waals surface area contributed by atoms with Crippen molar-refractivity contribution in [2.75, 3.05) is 0 Å². The van der Waals surface area contributed by atoms with Crippen molar-refractivity contribution in [2.24, 2.45) is 0 Å². The van der Waals surface area contributed by atoms with Gasteiger partial charge in [-0.3, -0.25) is 0 Å². The summed E-state index contributed by atoms with van der Waals surface area (Å²) >= 11 is 21.5. The molecule has 0 radical (unpaired) electrons. The zero-order chi connectivity index (χ0) is 30.8. The maximum absolute atomic E-state index is 5.38. The van der Waals surface area contributed by atoms with E-state index in [9.17, 15) is 0 Å². The molecule has 0 fully saturated rings. The molecular formula is C37H48Mt2S4-4. The smallest absolute Gasteiger partial charge is 0 e. The predicted octanol–water partition coefficient (Wildman–Crippen LogP) is 12.0. The molecule has 0 aromatic heterocycles. The molecule has 4 aromatic carbocycles. The Morgan fingerprint density at radius 3 is 0.535 bits per heavy atom. The van der Waals surface area contributed by atoms with Gasteiger partial charge in [0.2, 0.25) is 0 Å². The first-order valence-electron chi connectivity index (χ1n) is 14.0. The van der Waals surface area contributed by atoms with Crippen molar-refractivity contribution < 1.29 is 0 Å². The van der Waals surface area contributed by atoms with E-state index < -0.39 is 0 Å². The largest absolute Gasteiger partial charge is 0.781 e. The van der Waals surface area contributed by atoms with Crippen molar-refractivity contribution in [1.82, 2.24) is 0 Å². The Bertz CT molecular complexity index is 989. The second-order valence-corrected chi connectivity index (χ2v) is 8.41. The molecule has 43 heavy (non-hydrogen) atoms. The summed E-state index contributed by atoms with van der Waals surface area (Å²) in [4.78, 5) is 2.95. The molecule has 0 saturated carbocycles. The zero-order valence-electron chi connectivity index (χ0n) is 26.6. The van der Waals surface area contributed by atoms with E-state index in [2.05, 4.69) is 0 Å². The van der Waals surface area contributed by atoms with Crippen LogP contribution in [0.1, 0.15) is 85.1 Å². The standard InChI is InChI=1S/2C14H12S2.4C2H6.CH4.2Mt/c2*15-13(11-7-3-1-4-8-11)14(16)12-9-5-2-6-10-12;4*1-2;;;/h2*1-10,15-16H;4*1-2H3;1H4;;/p-4. The fourth-order valence-electron chi connectivity index (χ4n) is 2.88. The Labute approximate surface area is 275 Å². The Balaban J connectivity index is -0.000000172. The van der Waals surface area contributed by atoms with Crippen LogP contribution in [0.4, 0.5) is 0 Å². The van der Waals surface area contributed by atoms with Gasteiger partial charge in [-0.1, -0.05) is 184 Å². The van der Waals surface area contributed by atoms with Crippen LogP contribution in [-0.4, -0.2) is 0 Å². The molecule has 0 amide bonds. The fraction of sp³-hybridized carbons (Fsp3) is 0.243. The van der Waals surface area contributed by atoms with Crippen LogP contribution in [-0.2, 0) is 50.5 Å². The number of benzene rings is 4. The molecular weight excluding hydrogens is 1130 g/mol. The Morgan fingerprint density at radius 1 is 0.302 bits per heavy atom. The maximum atomic E-state index is 5.38. The summed E-state index contributed by atoms with van der Waals surface area (Å²) in [5.74, 6) is 0. The van der Waals surface area contributed by atoms with Crippen molar-refractivity contribution in [3.63, 3.8) is 0 Å². The monoisotopic (exact) mass is 1180 g/mol. The first kappa shape index (κ1) is 48.0. The minimum absolute atomic E-state index is 0. The molecule has 0 aliphatic rings. The van der Waals surface area contributed by atoms with Crippen LogP contribution >= 0.6 is 0 Å². The summed E-state index contributed by atoms with van der Waals surface area (Å²) in [6.45, 7) is 16.0. The van der Waals surface area contributed by atoms with Crippen LogP contribution < -0.4 is 0 Å². The molecule has 0 spiro atoms. The molecule has 0 aliphatic heterocycles. The van der Waals surface area contributed by atoms with Gasteiger partial charge >= 0.3 is 0 Å². The van der Waals surface area contributed by atoms with Gasteiger partial charge in [-0.05, 0) is 22.3 Å². The first-order valence-corrected chi connectivity index (χ1v) is 15.6. The number of rotatable bonds is 4. The topological polar surface area (TPSA) is 0 Å². The summed E-state index contributed by atoms with van der Waals surface area (Å²) in [5.41, 5.74) is 4.02. The summed E-state index contributed by atoms with van der Waals surface area (Å²) < 4.78 is 0. The third-order valence-corrected chi connectivity index (χ3v) is 6.57. The SMILES string of the molecule is C.CC.CC.CC.CC.[Mt].[Mt].[S-]C(=C([S-])c1ccccc1)c1ccccc1.[S-]C(=C([S-])c1ccccc1)c1ccccc1.